The first-order chi connectivity index (χ1) is 10.4. The molecule has 2 aromatic carbocycles. The molecule has 2 rings (SSSR count). The van der Waals surface area contributed by atoms with E-state index < -0.39 is 5.54 Å². The van der Waals surface area contributed by atoms with Gasteiger partial charge >= 0.3 is 0 Å². The molecule has 2 aromatic rings. The number of rotatable bonds is 6. The lowest BCUT2D eigenvalue weighted by Crippen LogP contribution is -2.31. The minimum Gasteiger partial charge on any atom is -0.465 e. The van der Waals surface area contributed by atoms with E-state index in [1.165, 1.54) is 0 Å². The molecule has 0 aliphatic rings. The summed E-state index contributed by atoms with van der Waals surface area (Å²) in [6, 6.07) is 17.8. The molecule has 0 saturated heterocycles. The van der Waals surface area contributed by atoms with Crippen molar-refractivity contribution in [3.63, 3.8) is 0 Å². The number of para-hydroxylation sites is 1. The molecule has 0 saturated carbocycles. The van der Waals surface area contributed by atoms with Gasteiger partial charge in [-0.2, -0.15) is 0 Å². The van der Waals surface area contributed by atoms with E-state index in [-0.39, 0.29) is 24.8 Å². The van der Waals surface area contributed by atoms with E-state index in [0.29, 0.717) is 0 Å². The third kappa shape index (κ3) is 5.54. The summed E-state index contributed by atoms with van der Waals surface area (Å²) >= 11 is 0. The summed E-state index contributed by atoms with van der Waals surface area (Å²) in [6.07, 6.45) is -0.441. The highest BCUT2D eigenvalue weighted by molar-refractivity contribution is 5.85. The highest BCUT2D eigenvalue weighted by Crippen LogP contribution is 2.29. The summed E-state index contributed by atoms with van der Waals surface area (Å²) in [5.41, 5.74) is 8.05. The summed E-state index contributed by atoms with van der Waals surface area (Å²) in [6.45, 7) is 7.93. The van der Waals surface area contributed by atoms with Crippen LogP contribution in [0.3, 0.4) is 0 Å². The van der Waals surface area contributed by atoms with Crippen LogP contribution in [0.25, 0.3) is 0 Å². The number of hydrogen-bond acceptors (Lipinski definition) is 3. The Balaban J connectivity index is 0.00000264. The fourth-order valence-electron chi connectivity index (χ4n) is 2.52. The van der Waals surface area contributed by atoms with Crippen molar-refractivity contribution in [1.29, 1.82) is 0 Å². The van der Waals surface area contributed by atoms with Gasteiger partial charge in [0.25, 0.3) is 0 Å². The summed E-state index contributed by atoms with van der Waals surface area (Å²) in [5.74, 6) is 0.801. The fourth-order valence-corrected chi connectivity index (χ4v) is 2.52. The van der Waals surface area contributed by atoms with Crippen LogP contribution in [0.2, 0.25) is 0 Å². The van der Waals surface area contributed by atoms with Crippen molar-refractivity contribution < 1.29 is 9.47 Å². The number of ether oxygens (including phenoxy) is 2. The molecule has 0 radical (unpaired) electrons. The van der Waals surface area contributed by atoms with Gasteiger partial charge in [0.05, 0.1) is 6.10 Å². The molecule has 2 unspecified atom stereocenters. The zero-order chi connectivity index (χ0) is 16.2. The first-order valence-electron chi connectivity index (χ1n) is 7.63. The van der Waals surface area contributed by atoms with Gasteiger partial charge in [0.2, 0.25) is 0 Å². The Kier molecular flexibility index (Phi) is 7.07. The predicted octanol–water partition coefficient (Wildman–Crippen LogP) is 4.80. The smallest absolute Gasteiger partial charge is 0.197 e. The second kappa shape index (κ2) is 8.34. The number of benzene rings is 2. The lowest BCUT2D eigenvalue weighted by Gasteiger charge is -2.27. The van der Waals surface area contributed by atoms with Crippen LogP contribution in [0.5, 0.6) is 5.75 Å². The molecule has 0 aliphatic heterocycles. The van der Waals surface area contributed by atoms with E-state index in [9.17, 15) is 0 Å². The van der Waals surface area contributed by atoms with Crippen LogP contribution >= 0.6 is 12.4 Å². The van der Waals surface area contributed by atoms with Gasteiger partial charge in [0, 0.05) is 5.54 Å². The van der Waals surface area contributed by atoms with Crippen molar-refractivity contribution in [2.75, 3.05) is 0 Å². The van der Waals surface area contributed by atoms with Gasteiger partial charge in [0.15, 0.2) is 6.29 Å². The van der Waals surface area contributed by atoms with Crippen LogP contribution in [0, 0.1) is 0 Å². The molecule has 0 amide bonds. The maximum Gasteiger partial charge on any atom is 0.197 e. The lowest BCUT2D eigenvalue weighted by atomic mass is 9.89. The van der Waals surface area contributed by atoms with Crippen LogP contribution in [-0.2, 0) is 10.3 Å². The normalized spacial score (nSPS) is 13.8. The molecular weight excluding hydrogens is 310 g/mol. The van der Waals surface area contributed by atoms with Crippen molar-refractivity contribution in [3.05, 3.63) is 65.7 Å². The van der Waals surface area contributed by atoms with E-state index in [0.717, 1.165) is 16.9 Å². The van der Waals surface area contributed by atoms with Gasteiger partial charge in [-0.3, -0.25) is 0 Å². The Bertz CT molecular complexity index is 596. The predicted molar refractivity (Wildman–Crippen MR) is 96.9 cm³/mol. The zero-order valence-electron chi connectivity index (χ0n) is 14.2. The molecular formula is C19H26ClNO2. The quantitative estimate of drug-likeness (QED) is 0.771. The maximum atomic E-state index is 6.26. The Morgan fingerprint density at radius 1 is 0.913 bits per heavy atom. The SMILES string of the molecule is CC(Oc1ccccc1)OC(C)c1ccccc1C(C)(C)N.Cl. The summed E-state index contributed by atoms with van der Waals surface area (Å²) in [4.78, 5) is 0. The monoisotopic (exact) mass is 335 g/mol. The van der Waals surface area contributed by atoms with E-state index in [1.807, 2.05) is 70.2 Å². The number of nitrogens with two attached hydrogens (primary N) is 1. The Morgan fingerprint density at radius 3 is 2.09 bits per heavy atom. The molecule has 0 fully saturated rings. The lowest BCUT2D eigenvalue weighted by molar-refractivity contribution is -0.103. The highest BCUT2D eigenvalue weighted by atomic mass is 35.5. The van der Waals surface area contributed by atoms with Gasteiger partial charge in [0.1, 0.15) is 5.75 Å². The van der Waals surface area contributed by atoms with Crippen molar-refractivity contribution in [2.45, 2.75) is 45.6 Å². The number of hydrogen-bond donors (Lipinski definition) is 1. The molecule has 2 atom stereocenters. The van der Waals surface area contributed by atoms with Crippen LogP contribution < -0.4 is 10.5 Å². The average Bonchev–Trinajstić information content (AvgIpc) is 2.47. The second-order valence-electron chi connectivity index (χ2n) is 6.09. The average molecular weight is 336 g/mol. The van der Waals surface area contributed by atoms with Gasteiger partial charge in [-0.25, -0.2) is 0 Å². The minimum atomic E-state index is -0.405. The third-order valence-corrected chi connectivity index (χ3v) is 3.53. The maximum absolute atomic E-state index is 6.26. The molecule has 0 bridgehead atoms. The summed E-state index contributed by atoms with van der Waals surface area (Å²) in [7, 11) is 0. The molecule has 0 heterocycles. The Labute approximate surface area is 145 Å². The molecule has 126 valence electrons. The van der Waals surface area contributed by atoms with Crippen molar-refractivity contribution >= 4 is 12.4 Å². The van der Waals surface area contributed by atoms with Gasteiger partial charge in [-0.15, -0.1) is 12.4 Å². The van der Waals surface area contributed by atoms with Crippen molar-refractivity contribution in [1.82, 2.24) is 0 Å². The highest BCUT2D eigenvalue weighted by Gasteiger charge is 2.22. The van der Waals surface area contributed by atoms with Crippen molar-refractivity contribution in [2.24, 2.45) is 5.73 Å². The van der Waals surface area contributed by atoms with Gasteiger partial charge in [-0.05, 0) is 51.0 Å². The van der Waals surface area contributed by atoms with E-state index in [4.69, 9.17) is 15.2 Å². The molecule has 4 heteroatoms. The van der Waals surface area contributed by atoms with E-state index in [2.05, 4.69) is 12.1 Å². The Morgan fingerprint density at radius 2 is 1.48 bits per heavy atom. The third-order valence-electron chi connectivity index (χ3n) is 3.53. The van der Waals surface area contributed by atoms with Gasteiger partial charge < -0.3 is 15.2 Å². The molecule has 0 aliphatic carbocycles. The largest absolute Gasteiger partial charge is 0.465 e. The second-order valence-corrected chi connectivity index (χ2v) is 6.09. The topological polar surface area (TPSA) is 44.5 Å². The van der Waals surface area contributed by atoms with Crippen LogP contribution in [0.1, 0.15) is 44.9 Å². The summed E-state index contributed by atoms with van der Waals surface area (Å²) in [5, 5.41) is 0. The first kappa shape index (κ1) is 19.5. The number of halogens is 1. The van der Waals surface area contributed by atoms with Gasteiger partial charge in [-0.1, -0.05) is 42.5 Å². The molecule has 3 nitrogen and oxygen atoms in total. The Hall–Kier alpha value is -1.55. The standard InChI is InChI=1S/C19H25NO2.ClH/c1-14(17-12-8-9-13-18(17)19(3,4)20)21-15(2)22-16-10-6-5-7-11-16;/h5-15H,20H2,1-4H3;1H. The molecule has 23 heavy (non-hydrogen) atoms. The summed E-state index contributed by atoms with van der Waals surface area (Å²) < 4.78 is 11.8. The molecule has 2 N–H and O–H groups in total. The van der Waals surface area contributed by atoms with Crippen LogP contribution in [0.15, 0.2) is 54.6 Å². The minimum absolute atomic E-state index is 0. The van der Waals surface area contributed by atoms with Crippen LogP contribution in [-0.4, -0.2) is 6.29 Å². The fraction of sp³-hybridized carbons (Fsp3) is 0.368. The molecule has 0 spiro atoms. The first-order valence-corrected chi connectivity index (χ1v) is 7.63. The zero-order valence-corrected chi connectivity index (χ0v) is 15.0. The van der Waals surface area contributed by atoms with Crippen molar-refractivity contribution in [3.8, 4) is 5.75 Å². The van der Waals surface area contributed by atoms with E-state index >= 15 is 0 Å². The molecule has 0 aromatic heterocycles. The van der Waals surface area contributed by atoms with Crippen LogP contribution in [0.4, 0.5) is 0 Å². The van der Waals surface area contributed by atoms with E-state index in [1.54, 1.807) is 0 Å².